The summed E-state index contributed by atoms with van der Waals surface area (Å²) in [4.78, 5) is 52.5. The van der Waals surface area contributed by atoms with Crippen molar-refractivity contribution in [3.63, 3.8) is 0 Å². The van der Waals surface area contributed by atoms with E-state index in [1.54, 1.807) is 42.5 Å². The molecule has 6 heteroatoms. The molecule has 1 N–H and O–H groups in total. The van der Waals surface area contributed by atoms with E-state index in [1.165, 1.54) is 6.92 Å². The van der Waals surface area contributed by atoms with Gasteiger partial charge in [0.2, 0.25) is 11.7 Å². The maximum Gasteiger partial charge on any atom is 0.221 e. The molecule has 1 aliphatic carbocycles. The van der Waals surface area contributed by atoms with Gasteiger partial charge in [-0.25, -0.2) is 0 Å². The molecule has 2 heterocycles. The molecule has 2 aromatic carbocycles. The molecule has 0 radical (unpaired) electrons. The number of anilines is 1. The molecule has 1 aromatic heterocycles. The molecule has 0 atom stereocenters. The minimum Gasteiger partial charge on any atom is -0.341 e. The summed E-state index contributed by atoms with van der Waals surface area (Å²) in [5.41, 5.74) is 2.71. The van der Waals surface area contributed by atoms with Gasteiger partial charge >= 0.3 is 0 Å². The number of amides is 1. The normalized spacial score (nSPS) is 14.5. The Bertz CT molecular complexity index is 1280. The summed E-state index contributed by atoms with van der Waals surface area (Å²) in [7, 11) is 0. The van der Waals surface area contributed by atoms with Crippen LogP contribution in [0.1, 0.15) is 73.4 Å². The Morgan fingerprint density at radius 2 is 1.68 bits per heavy atom. The van der Waals surface area contributed by atoms with Gasteiger partial charge in [0.15, 0.2) is 11.6 Å². The van der Waals surface area contributed by atoms with E-state index in [-0.39, 0.29) is 39.9 Å². The van der Waals surface area contributed by atoms with Gasteiger partial charge in [-0.1, -0.05) is 42.5 Å². The van der Waals surface area contributed by atoms with E-state index < -0.39 is 5.78 Å². The highest BCUT2D eigenvalue weighted by Gasteiger charge is 2.41. The second-order valence-corrected chi connectivity index (χ2v) is 7.92. The number of carbonyl (C=O) groups is 4. The standard InChI is InChI=1S/C25H20N2O4/c1-14(28)26-17-11-7-10-16-19(17)25(31)21-20(23(29)15-8-3-2-4-9-15)18-12-5-6-13-27(18)22(21)24(16)30/h2-4,7-11H,5-6,12-13H2,1H3,(H,26,28). The molecule has 2 aliphatic rings. The van der Waals surface area contributed by atoms with Crippen LogP contribution in [0, 0.1) is 0 Å². The lowest BCUT2D eigenvalue weighted by Crippen LogP contribution is -2.26. The lowest BCUT2D eigenvalue weighted by atomic mass is 9.83. The van der Waals surface area contributed by atoms with Gasteiger partial charge in [0.25, 0.3) is 0 Å². The average Bonchev–Trinajstić information content (AvgIpc) is 3.13. The smallest absolute Gasteiger partial charge is 0.221 e. The summed E-state index contributed by atoms with van der Waals surface area (Å²) in [6.07, 6.45) is 2.41. The molecular formula is C25H20N2O4. The van der Waals surface area contributed by atoms with Crippen LogP contribution in [0.25, 0.3) is 0 Å². The van der Waals surface area contributed by atoms with E-state index in [0.717, 1.165) is 18.5 Å². The van der Waals surface area contributed by atoms with Gasteiger partial charge in [-0.05, 0) is 25.3 Å². The number of benzene rings is 2. The first-order valence-electron chi connectivity index (χ1n) is 10.3. The molecule has 0 unspecified atom stereocenters. The number of aromatic nitrogens is 1. The van der Waals surface area contributed by atoms with E-state index in [4.69, 9.17) is 0 Å². The van der Waals surface area contributed by atoms with Crippen LogP contribution in [-0.4, -0.2) is 27.8 Å². The van der Waals surface area contributed by atoms with Crippen molar-refractivity contribution >= 4 is 28.9 Å². The van der Waals surface area contributed by atoms with Crippen LogP contribution in [0.3, 0.4) is 0 Å². The van der Waals surface area contributed by atoms with Gasteiger partial charge in [0.05, 0.1) is 22.4 Å². The van der Waals surface area contributed by atoms with Gasteiger partial charge in [-0.2, -0.15) is 0 Å². The van der Waals surface area contributed by atoms with E-state index in [2.05, 4.69) is 5.32 Å². The number of rotatable bonds is 3. The van der Waals surface area contributed by atoms with E-state index in [0.29, 0.717) is 29.8 Å². The minimum atomic E-state index is -0.393. The first-order chi connectivity index (χ1) is 15.0. The van der Waals surface area contributed by atoms with Crippen LogP contribution in [0.4, 0.5) is 5.69 Å². The van der Waals surface area contributed by atoms with Crippen molar-refractivity contribution in [3.8, 4) is 0 Å². The highest BCUT2D eigenvalue weighted by Crippen LogP contribution is 2.39. The van der Waals surface area contributed by atoms with Crippen LogP contribution in [0.5, 0.6) is 0 Å². The molecule has 0 fully saturated rings. The van der Waals surface area contributed by atoms with Crippen LogP contribution < -0.4 is 5.32 Å². The van der Waals surface area contributed by atoms with Crippen molar-refractivity contribution in [2.75, 3.05) is 5.32 Å². The number of ketones is 3. The van der Waals surface area contributed by atoms with Crippen molar-refractivity contribution in [2.45, 2.75) is 32.7 Å². The number of nitrogens with zero attached hydrogens (tertiary/aromatic N) is 1. The third kappa shape index (κ3) is 2.86. The Morgan fingerprint density at radius 1 is 0.903 bits per heavy atom. The number of fused-ring (bicyclic) bond motifs is 4. The van der Waals surface area contributed by atoms with Crippen LogP contribution in [0.2, 0.25) is 0 Å². The molecule has 0 spiro atoms. The van der Waals surface area contributed by atoms with Gasteiger partial charge < -0.3 is 9.88 Å². The van der Waals surface area contributed by atoms with Crippen LogP contribution in [-0.2, 0) is 17.8 Å². The number of hydrogen-bond donors (Lipinski definition) is 1. The molecule has 3 aromatic rings. The molecule has 5 rings (SSSR count). The molecule has 154 valence electrons. The molecule has 1 amide bonds. The Balaban J connectivity index is 1.79. The zero-order chi connectivity index (χ0) is 21.7. The SMILES string of the molecule is CC(=O)Nc1cccc2c1C(=O)c1c(C(=O)c3ccccc3)c3n(c1C2=O)CCCC3. The maximum atomic E-state index is 13.8. The fourth-order valence-corrected chi connectivity index (χ4v) is 4.70. The van der Waals surface area contributed by atoms with E-state index in [1.807, 2.05) is 10.6 Å². The van der Waals surface area contributed by atoms with Gasteiger partial charge in [0.1, 0.15) is 5.69 Å². The fourth-order valence-electron chi connectivity index (χ4n) is 4.70. The predicted molar refractivity (Wildman–Crippen MR) is 115 cm³/mol. The Kier molecular flexibility index (Phi) is 4.43. The Labute approximate surface area is 178 Å². The predicted octanol–water partition coefficient (Wildman–Crippen LogP) is 3.79. The molecule has 0 saturated carbocycles. The average molecular weight is 412 g/mol. The fraction of sp³-hybridized carbons (Fsp3) is 0.200. The van der Waals surface area contributed by atoms with Crippen molar-refractivity contribution in [1.29, 1.82) is 0 Å². The second kappa shape index (κ2) is 7.16. The van der Waals surface area contributed by atoms with Crippen molar-refractivity contribution in [1.82, 2.24) is 4.57 Å². The topological polar surface area (TPSA) is 85.2 Å². The van der Waals surface area contributed by atoms with Crippen LogP contribution in [0.15, 0.2) is 48.5 Å². The summed E-state index contributed by atoms with van der Waals surface area (Å²) in [5.74, 6) is -1.27. The summed E-state index contributed by atoms with van der Waals surface area (Å²) >= 11 is 0. The van der Waals surface area contributed by atoms with E-state index in [9.17, 15) is 19.2 Å². The quantitative estimate of drug-likeness (QED) is 0.519. The third-order valence-electron chi connectivity index (χ3n) is 5.97. The van der Waals surface area contributed by atoms with Crippen molar-refractivity contribution in [3.05, 3.63) is 87.7 Å². The Morgan fingerprint density at radius 3 is 2.42 bits per heavy atom. The van der Waals surface area contributed by atoms with Gasteiger partial charge in [-0.15, -0.1) is 0 Å². The molecular weight excluding hydrogens is 392 g/mol. The highest BCUT2D eigenvalue weighted by molar-refractivity contribution is 6.33. The Hall–Kier alpha value is -3.80. The zero-order valence-corrected chi connectivity index (χ0v) is 17.0. The molecule has 6 nitrogen and oxygen atoms in total. The number of hydrogen-bond acceptors (Lipinski definition) is 4. The highest BCUT2D eigenvalue weighted by atomic mass is 16.2. The van der Waals surface area contributed by atoms with E-state index >= 15 is 0 Å². The van der Waals surface area contributed by atoms with Gasteiger partial charge in [-0.3, -0.25) is 19.2 Å². The summed E-state index contributed by atoms with van der Waals surface area (Å²) in [5, 5.41) is 2.65. The minimum absolute atomic E-state index is 0.153. The second-order valence-electron chi connectivity index (χ2n) is 7.92. The van der Waals surface area contributed by atoms with Crippen LogP contribution >= 0.6 is 0 Å². The summed E-state index contributed by atoms with van der Waals surface area (Å²) in [6, 6.07) is 13.7. The lowest BCUT2D eigenvalue weighted by Gasteiger charge is -2.21. The molecule has 1 aliphatic heterocycles. The summed E-state index contributed by atoms with van der Waals surface area (Å²) < 4.78 is 1.86. The molecule has 31 heavy (non-hydrogen) atoms. The monoisotopic (exact) mass is 412 g/mol. The first kappa shape index (κ1) is 19.2. The van der Waals surface area contributed by atoms with Crippen molar-refractivity contribution in [2.24, 2.45) is 0 Å². The third-order valence-corrected chi connectivity index (χ3v) is 5.97. The van der Waals surface area contributed by atoms with Gasteiger partial charge in [0, 0.05) is 30.3 Å². The number of carbonyl (C=O) groups excluding carboxylic acids is 4. The first-order valence-corrected chi connectivity index (χ1v) is 10.3. The number of nitrogens with one attached hydrogen (secondary N) is 1. The largest absolute Gasteiger partial charge is 0.341 e. The lowest BCUT2D eigenvalue weighted by molar-refractivity contribution is -0.114. The molecule has 0 saturated heterocycles. The van der Waals surface area contributed by atoms with Crippen molar-refractivity contribution < 1.29 is 19.2 Å². The molecule has 0 bridgehead atoms. The zero-order valence-electron chi connectivity index (χ0n) is 17.0. The maximum absolute atomic E-state index is 13.8. The summed E-state index contributed by atoms with van der Waals surface area (Å²) in [6.45, 7) is 1.95.